The van der Waals surface area contributed by atoms with Gasteiger partial charge < -0.3 is 0 Å². The predicted octanol–water partition coefficient (Wildman–Crippen LogP) is 5.18. The van der Waals surface area contributed by atoms with Gasteiger partial charge in [0.1, 0.15) is 0 Å². The van der Waals surface area contributed by atoms with E-state index in [1.807, 2.05) is 48.5 Å². The normalized spacial score (nSPS) is 10.8. The molecule has 0 amide bonds. The van der Waals surface area contributed by atoms with Crippen LogP contribution >= 0.6 is 33.9 Å². The van der Waals surface area contributed by atoms with E-state index in [-0.39, 0.29) is 0 Å². The van der Waals surface area contributed by atoms with Gasteiger partial charge in [0.15, 0.2) is 30.6 Å². The standard InChI is InChI=1S/C12H8Cl3S/c13-9-1-5-11(6-2-9)16(15)12-7-3-10(14)4-8-12/h1-8H/q+1. The maximum absolute atomic E-state index is 6.38. The van der Waals surface area contributed by atoms with Gasteiger partial charge in [0.05, 0.1) is 0 Å². The predicted molar refractivity (Wildman–Crippen MR) is 72.7 cm³/mol. The first-order valence-electron chi connectivity index (χ1n) is 4.58. The van der Waals surface area contributed by atoms with E-state index in [4.69, 9.17) is 33.9 Å². The molecule has 0 N–H and O–H groups in total. The molecular formula is C12H8Cl3S+. The Hall–Kier alpha value is -0.340. The number of hydrogen-bond donors (Lipinski definition) is 0. The summed E-state index contributed by atoms with van der Waals surface area (Å²) in [7, 11) is 5.92. The maximum atomic E-state index is 6.38. The molecular weight excluding hydrogens is 283 g/mol. The van der Waals surface area contributed by atoms with E-state index in [9.17, 15) is 0 Å². The molecule has 0 aliphatic carbocycles. The van der Waals surface area contributed by atoms with Gasteiger partial charge in [0, 0.05) is 10.0 Å². The monoisotopic (exact) mass is 289 g/mol. The lowest BCUT2D eigenvalue weighted by Crippen LogP contribution is -1.93. The molecule has 0 aliphatic rings. The molecule has 0 saturated heterocycles. The van der Waals surface area contributed by atoms with E-state index in [0.29, 0.717) is 10.0 Å². The van der Waals surface area contributed by atoms with Crippen LogP contribution < -0.4 is 0 Å². The zero-order chi connectivity index (χ0) is 11.5. The first kappa shape index (κ1) is 12.1. The highest BCUT2D eigenvalue weighted by Crippen LogP contribution is 2.28. The van der Waals surface area contributed by atoms with Crippen molar-refractivity contribution < 1.29 is 0 Å². The fourth-order valence-electron chi connectivity index (χ4n) is 1.24. The first-order chi connectivity index (χ1) is 7.66. The van der Waals surface area contributed by atoms with Crippen molar-refractivity contribution in [2.24, 2.45) is 0 Å². The summed E-state index contributed by atoms with van der Waals surface area (Å²) in [5, 5.41) is 1.43. The highest BCUT2D eigenvalue weighted by Gasteiger charge is 2.23. The Morgan fingerprint density at radius 2 is 0.938 bits per heavy atom. The zero-order valence-electron chi connectivity index (χ0n) is 8.16. The van der Waals surface area contributed by atoms with Crippen LogP contribution in [0.3, 0.4) is 0 Å². The third kappa shape index (κ3) is 2.86. The fourth-order valence-corrected chi connectivity index (χ4v) is 3.14. The minimum absolute atomic E-state index is 0.458. The summed E-state index contributed by atoms with van der Waals surface area (Å²) in [5.41, 5.74) is 0. The molecule has 0 nitrogen and oxygen atoms in total. The summed E-state index contributed by atoms with van der Waals surface area (Å²) in [4.78, 5) is 2.10. The van der Waals surface area contributed by atoms with Gasteiger partial charge in [-0.25, -0.2) is 0 Å². The van der Waals surface area contributed by atoms with Gasteiger partial charge in [0.2, 0.25) is 0 Å². The van der Waals surface area contributed by atoms with E-state index < -0.39 is 10.1 Å². The Morgan fingerprint density at radius 3 is 1.25 bits per heavy atom. The van der Waals surface area contributed by atoms with E-state index in [1.165, 1.54) is 0 Å². The van der Waals surface area contributed by atoms with Crippen LogP contribution in [-0.4, -0.2) is 0 Å². The van der Waals surface area contributed by atoms with Crippen LogP contribution in [0.2, 0.25) is 10.0 Å². The van der Waals surface area contributed by atoms with Crippen molar-refractivity contribution in [2.45, 2.75) is 9.79 Å². The Labute approximate surface area is 112 Å². The number of benzene rings is 2. The quantitative estimate of drug-likeness (QED) is 0.668. The first-order valence-corrected chi connectivity index (χ1v) is 7.39. The summed E-state index contributed by atoms with van der Waals surface area (Å²) < 4.78 is 0. The maximum Gasteiger partial charge on any atom is 0.189 e. The van der Waals surface area contributed by atoms with Gasteiger partial charge in [-0.15, -0.1) is 0 Å². The van der Waals surface area contributed by atoms with Gasteiger partial charge in [-0.2, -0.15) is 0 Å². The lowest BCUT2D eigenvalue weighted by molar-refractivity contribution is 1.39. The van der Waals surface area contributed by atoms with Crippen LogP contribution in [0.25, 0.3) is 0 Å². The van der Waals surface area contributed by atoms with Crippen molar-refractivity contribution in [1.29, 1.82) is 0 Å². The van der Waals surface area contributed by atoms with Gasteiger partial charge in [-0.1, -0.05) is 23.2 Å². The van der Waals surface area contributed by atoms with E-state index in [2.05, 4.69) is 0 Å². The lowest BCUT2D eigenvalue weighted by Gasteiger charge is -1.98. The van der Waals surface area contributed by atoms with Crippen LogP contribution in [-0.2, 0) is 10.1 Å². The Balaban J connectivity index is 2.28. The second-order valence-corrected chi connectivity index (χ2v) is 6.42. The van der Waals surface area contributed by atoms with Crippen molar-refractivity contribution in [3.63, 3.8) is 0 Å². The smallest absolute Gasteiger partial charge is 0.0843 e. The third-order valence-electron chi connectivity index (χ3n) is 2.04. The van der Waals surface area contributed by atoms with Gasteiger partial charge in [-0.05, 0) is 48.5 Å². The van der Waals surface area contributed by atoms with Crippen LogP contribution in [0.5, 0.6) is 0 Å². The molecule has 4 heteroatoms. The van der Waals surface area contributed by atoms with Crippen molar-refractivity contribution in [1.82, 2.24) is 0 Å². The molecule has 82 valence electrons. The third-order valence-corrected chi connectivity index (χ3v) is 4.99. The van der Waals surface area contributed by atoms with Crippen molar-refractivity contribution in [3.8, 4) is 0 Å². The molecule has 2 aromatic rings. The summed E-state index contributed by atoms with van der Waals surface area (Å²) >= 11 is 11.7. The van der Waals surface area contributed by atoms with Crippen molar-refractivity contribution in [2.75, 3.05) is 0 Å². The summed E-state index contributed by atoms with van der Waals surface area (Å²) in [5.74, 6) is 0. The van der Waals surface area contributed by atoms with Gasteiger partial charge in [0.25, 0.3) is 0 Å². The second kappa shape index (κ2) is 5.33. The van der Waals surface area contributed by atoms with Crippen molar-refractivity contribution in [3.05, 3.63) is 58.6 Å². The Bertz CT molecular complexity index is 419. The minimum Gasteiger partial charge on any atom is -0.0843 e. The Morgan fingerprint density at radius 1 is 0.625 bits per heavy atom. The van der Waals surface area contributed by atoms with Crippen LogP contribution in [0.1, 0.15) is 0 Å². The molecule has 0 heterocycles. The highest BCUT2D eigenvalue weighted by molar-refractivity contribution is 8.18. The molecule has 0 bridgehead atoms. The van der Waals surface area contributed by atoms with Crippen LogP contribution in [0.15, 0.2) is 58.3 Å². The molecule has 2 aromatic carbocycles. The molecule has 0 spiro atoms. The average Bonchev–Trinajstić information content (AvgIpc) is 2.30. The second-order valence-electron chi connectivity index (χ2n) is 3.16. The summed E-state index contributed by atoms with van der Waals surface area (Å²) in [6.45, 7) is 0. The van der Waals surface area contributed by atoms with Crippen LogP contribution in [0.4, 0.5) is 0 Å². The molecule has 16 heavy (non-hydrogen) atoms. The minimum atomic E-state index is -0.458. The number of rotatable bonds is 2. The number of halogens is 3. The average molecular weight is 291 g/mol. The van der Waals surface area contributed by atoms with E-state index >= 15 is 0 Å². The van der Waals surface area contributed by atoms with Crippen molar-refractivity contribution >= 4 is 44.0 Å². The van der Waals surface area contributed by atoms with E-state index in [1.54, 1.807) is 0 Å². The molecule has 0 atom stereocenters. The number of hydrogen-bond acceptors (Lipinski definition) is 0. The molecule has 0 unspecified atom stereocenters. The Kier molecular flexibility index (Phi) is 4.04. The lowest BCUT2D eigenvalue weighted by atomic mass is 10.4. The zero-order valence-corrected chi connectivity index (χ0v) is 11.2. The fraction of sp³-hybridized carbons (Fsp3) is 0. The van der Waals surface area contributed by atoms with Gasteiger partial charge in [-0.3, -0.25) is 0 Å². The summed E-state index contributed by atoms with van der Waals surface area (Å²) in [6, 6.07) is 15.1. The summed E-state index contributed by atoms with van der Waals surface area (Å²) in [6.07, 6.45) is 0. The molecule has 0 aromatic heterocycles. The van der Waals surface area contributed by atoms with E-state index in [0.717, 1.165) is 9.79 Å². The highest BCUT2D eigenvalue weighted by atomic mass is 35.7. The molecule has 2 rings (SSSR count). The van der Waals surface area contributed by atoms with Crippen LogP contribution in [0, 0.1) is 0 Å². The largest absolute Gasteiger partial charge is 0.189 e. The molecule has 0 radical (unpaired) electrons. The van der Waals surface area contributed by atoms with Gasteiger partial charge >= 0.3 is 0 Å². The molecule has 0 saturated carbocycles. The SMILES string of the molecule is Clc1ccc([S+](Cl)c2ccc(Cl)cc2)cc1. The molecule has 0 aliphatic heterocycles. The topological polar surface area (TPSA) is 0 Å². The molecule has 0 fully saturated rings.